The molecule has 6 heteroatoms. The van der Waals surface area contributed by atoms with Crippen LogP contribution in [0.15, 0.2) is 65.7 Å². The third-order valence-electron chi connectivity index (χ3n) is 3.34. The minimum Gasteiger partial charge on any atom is -0.493 e. The van der Waals surface area contributed by atoms with E-state index < -0.39 is 0 Å². The molecule has 1 amide bonds. The van der Waals surface area contributed by atoms with Crippen molar-refractivity contribution in [1.82, 2.24) is 0 Å². The zero-order valence-corrected chi connectivity index (χ0v) is 13.8. The van der Waals surface area contributed by atoms with E-state index in [1.165, 1.54) is 11.8 Å². The van der Waals surface area contributed by atoms with Gasteiger partial charge in [0.1, 0.15) is 11.6 Å². The molecule has 2 aromatic rings. The molecule has 0 unspecified atom stereocenters. The lowest BCUT2D eigenvalue weighted by Gasteiger charge is -2.28. The van der Waals surface area contributed by atoms with Crippen molar-refractivity contribution in [1.29, 1.82) is 5.41 Å². The molecule has 1 heterocycles. The third-order valence-corrected chi connectivity index (χ3v) is 4.24. The van der Waals surface area contributed by atoms with Gasteiger partial charge in [0.05, 0.1) is 13.0 Å². The Morgan fingerprint density at radius 3 is 2.46 bits per heavy atom. The maximum atomic E-state index is 11.7. The summed E-state index contributed by atoms with van der Waals surface area (Å²) < 4.78 is 5.66. The van der Waals surface area contributed by atoms with Crippen LogP contribution in [0.1, 0.15) is 6.42 Å². The van der Waals surface area contributed by atoms with E-state index in [-0.39, 0.29) is 18.2 Å². The average molecular weight is 339 g/mol. The van der Waals surface area contributed by atoms with Gasteiger partial charge < -0.3 is 4.74 Å². The average Bonchev–Trinajstić information content (AvgIpc) is 2.60. The molecule has 0 aromatic heterocycles. The first-order valence-corrected chi connectivity index (χ1v) is 8.57. The lowest BCUT2D eigenvalue weighted by molar-refractivity contribution is -0.116. The lowest BCUT2D eigenvalue weighted by Crippen LogP contribution is -2.40. The van der Waals surface area contributed by atoms with E-state index in [1.807, 2.05) is 60.7 Å². The number of benzene rings is 2. The number of rotatable bonds is 5. The number of amides is 1. The molecule has 0 fully saturated rings. The second-order valence-electron chi connectivity index (χ2n) is 5.09. The number of carbonyl (C=O) groups excluding carboxylic acids is 1. The van der Waals surface area contributed by atoms with Crippen LogP contribution >= 0.6 is 11.8 Å². The molecule has 24 heavy (non-hydrogen) atoms. The van der Waals surface area contributed by atoms with E-state index in [0.29, 0.717) is 17.5 Å². The molecule has 1 aliphatic rings. The number of para-hydroxylation sites is 2. The molecule has 1 N–H and O–H groups in total. The van der Waals surface area contributed by atoms with Gasteiger partial charge >= 0.3 is 0 Å². The molecule has 5 nitrogen and oxygen atoms in total. The Kier molecular flexibility index (Phi) is 5.28. The normalized spacial score (nSPS) is 14.5. The van der Waals surface area contributed by atoms with Crippen LogP contribution in [0.2, 0.25) is 0 Å². The van der Waals surface area contributed by atoms with Gasteiger partial charge in [0.25, 0.3) is 5.91 Å². The Balaban J connectivity index is 1.65. The van der Waals surface area contributed by atoms with Crippen LogP contribution in [0, 0.1) is 5.41 Å². The maximum Gasteiger partial charge on any atom is 0.255 e. The first kappa shape index (κ1) is 16.3. The zero-order chi connectivity index (χ0) is 16.8. The highest BCUT2D eigenvalue weighted by molar-refractivity contribution is 8.14. The van der Waals surface area contributed by atoms with Crippen molar-refractivity contribution in [2.24, 2.45) is 4.99 Å². The summed E-state index contributed by atoms with van der Waals surface area (Å²) in [6, 6.07) is 19.1. The van der Waals surface area contributed by atoms with Crippen molar-refractivity contribution < 1.29 is 9.53 Å². The summed E-state index contributed by atoms with van der Waals surface area (Å²) in [4.78, 5) is 17.5. The van der Waals surface area contributed by atoms with E-state index in [9.17, 15) is 4.79 Å². The quantitative estimate of drug-likeness (QED) is 0.846. The number of nitrogens with one attached hydrogen (secondary N) is 1. The molecule has 122 valence electrons. The van der Waals surface area contributed by atoms with Gasteiger partial charge in [0.15, 0.2) is 5.17 Å². The maximum absolute atomic E-state index is 11.7. The molecular formula is C18H17N3O2S. The van der Waals surface area contributed by atoms with Crippen LogP contribution in [0.4, 0.5) is 5.69 Å². The second-order valence-corrected chi connectivity index (χ2v) is 6.15. The summed E-state index contributed by atoms with van der Waals surface area (Å²) in [5.74, 6) is 1.41. The number of thioether (sulfide) groups is 1. The number of hydrogen-bond acceptors (Lipinski definition) is 4. The van der Waals surface area contributed by atoms with Gasteiger partial charge in [-0.25, -0.2) is 0 Å². The Hall–Kier alpha value is -2.60. The van der Waals surface area contributed by atoms with Gasteiger partial charge in [0.2, 0.25) is 0 Å². The van der Waals surface area contributed by atoms with Crippen molar-refractivity contribution in [3.8, 4) is 5.75 Å². The van der Waals surface area contributed by atoms with E-state index in [4.69, 9.17) is 10.1 Å². The number of ether oxygens (including phenoxy) is 1. The monoisotopic (exact) mass is 339 g/mol. The molecule has 2 aromatic carbocycles. The van der Waals surface area contributed by atoms with E-state index in [0.717, 1.165) is 11.4 Å². The molecule has 0 atom stereocenters. The molecule has 3 rings (SSSR count). The molecule has 0 spiro atoms. The number of amidine groups is 2. The van der Waals surface area contributed by atoms with Crippen LogP contribution in [0.25, 0.3) is 0 Å². The van der Waals surface area contributed by atoms with Crippen molar-refractivity contribution >= 4 is 34.4 Å². The SMILES string of the molecule is N=C1CC(=O)N=C(SCCOc2ccccc2)N1c1ccccc1. The largest absolute Gasteiger partial charge is 0.493 e. The summed E-state index contributed by atoms with van der Waals surface area (Å²) in [6.45, 7) is 0.498. The summed E-state index contributed by atoms with van der Waals surface area (Å²) in [7, 11) is 0. The van der Waals surface area contributed by atoms with Crippen LogP contribution < -0.4 is 9.64 Å². The molecule has 0 saturated heterocycles. The zero-order valence-electron chi connectivity index (χ0n) is 13.0. The molecule has 0 saturated carbocycles. The van der Waals surface area contributed by atoms with E-state index in [1.54, 1.807) is 4.90 Å². The summed E-state index contributed by atoms with van der Waals surface area (Å²) in [5, 5.41) is 8.67. The van der Waals surface area contributed by atoms with Crippen LogP contribution in [-0.4, -0.2) is 29.3 Å². The fraction of sp³-hybridized carbons (Fsp3) is 0.167. The fourth-order valence-corrected chi connectivity index (χ4v) is 3.14. The van der Waals surface area contributed by atoms with Gasteiger partial charge in [-0.1, -0.05) is 48.2 Å². The Morgan fingerprint density at radius 2 is 1.75 bits per heavy atom. The van der Waals surface area contributed by atoms with Crippen LogP contribution in [-0.2, 0) is 4.79 Å². The number of anilines is 1. The second kappa shape index (κ2) is 7.79. The van der Waals surface area contributed by atoms with Crippen molar-refractivity contribution in [2.75, 3.05) is 17.3 Å². The molecule has 1 aliphatic heterocycles. The van der Waals surface area contributed by atoms with Crippen LogP contribution in [0.3, 0.4) is 0 Å². The van der Waals surface area contributed by atoms with Crippen molar-refractivity contribution in [3.63, 3.8) is 0 Å². The molecule has 0 aliphatic carbocycles. The highest BCUT2D eigenvalue weighted by Crippen LogP contribution is 2.24. The molecule has 0 radical (unpaired) electrons. The highest BCUT2D eigenvalue weighted by atomic mass is 32.2. The van der Waals surface area contributed by atoms with Gasteiger partial charge in [-0.3, -0.25) is 15.1 Å². The first-order valence-electron chi connectivity index (χ1n) is 7.59. The van der Waals surface area contributed by atoms with Crippen LogP contribution in [0.5, 0.6) is 5.75 Å². The molecular weight excluding hydrogens is 322 g/mol. The number of hydrogen-bond donors (Lipinski definition) is 1. The minimum absolute atomic E-state index is 0.0273. The number of nitrogens with zero attached hydrogens (tertiary/aromatic N) is 2. The van der Waals surface area contributed by atoms with Crippen molar-refractivity contribution in [2.45, 2.75) is 6.42 Å². The van der Waals surface area contributed by atoms with E-state index >= 15 is 0 Å². The standard InChI is InChI=1S/C18H17N3O2S/c19-16-13-17(22)20-18(21(16)14-7-3-1-4-8-14)24-12-11-23-15-9-5-2-6-10-15/h1-10,19H,11-13H2. The molecule has 0 bridgehead atoms. The summed E-state index contributed by atoms with van der Waals surface area (Å²) in [6.07, 6.45) is 0.0273. The van der Waals surface area contributed by atoms with Gasteiger partial charge in [-0.2, -0.15) is 4.99 Å². The number of aliphatic imine (C=N–C) groups is 1. The predicted octanol–water partition coefficient (Wildman–Crippen LogP) is 3.57. The van der Waals surface area contributed by atoms with E-state index in [2.05, 4.69) is 4.99 Å². The topological polar surface area (TPSA) is 65.8 Å². The van der Waals surface area contributed by atoms with Gasteiger partial charge in [0, 0.05) is 11.4 Å². The Morgan fingerprint density at radius 1 is 1.08 bits per heavy atom. The van der Waals surface area contributed by atoms with Gasteiger partial charge in [-0.15, -0.1) is 0 Å². The Bertz CT molecular complexity index is 747. The smallest absolute Gasteiger partial charge is 0.255 e. The first-order chi connectivity index (χ1) is 11.7. The third kappa shape index (κ3) is 4.02. The van der Waals surface area contributed by atoms with Gasteiger partial charge in [-0.05, 0) is 24.3 Å². The Labute approximate surface area is 144 Å². The van der Waals surface area contributed by atoms with Crippen molar-refractivity contribution in [3.05, 3.63) is 60.7 Å². The minimum atomic E-state index is -0.279. The predicted molar refractivity (Wildman–Crippen MR) is 98.1 cm³/mol. The number of carbonyl (C=O) groups is 1. The summed E-state index contributed by atoms with van der Waals surface area (Å²) >= 11 is 1.42. The fourth-order valence-electron chi connectivity index (χ4n) is 2.28. The highest BCUT2D eigenvalue weighted by Gasteiger charge is 2.26. The summed E-state index contributed by atoms with van der Waals surface area (Å²) in [5.41, 5.74) is 0.838. The lowest BCUT2D eigenvalue weighted by atomic mass is 10.2.